The molecule has 7 heteroatoms. The van der Waals surface area contributed by atoms with Crippen molar-refractivity contribution in [3.05, 3.63) is 54.0 Å². The van der Waals surface area contributed by atoms with Crippen molar-refractivity contribution in [3.8, 4) is 23.1 Å². The molecule has 1 saturated carbocycles. The van der Waals surface area contributed by atoms with E-state index >= 15 is 0 Å². The molecule has 29 heavy (non-hydrogen) atoms. The van der Waals surface area contributed by atoms with Gasteiger partial charge in [-0.2, -0.15) is 0 Å². The molecular formula is C22H21N3O3S. The fourth-order valence-corrected chi connectivity index (χ4v) is 4.92. The molecule has 1 N–H and O–H groups in total. The van der Waals surface area contributed by atoms with E-state index in [0.717, 1.165) is 46.7 Å². The molecule has 0 amide bonds. The average molecular weight is 407 g/mol. The van der Waals surface area contributed by atoms with Crippen molar-refractivity contribution in [1.82, 2.24) is 15.0 Å². The lowest BCUT2D eigenvalue weighted by Gasteiger charge is -2.26. The normalized spacial score (nSPS) is 19.5. The largest absolute Gasteiger partial charge is 0.457 e. The molecule has 3 heterocycles. The third-order valence-electron chi connectivity index (χ3n) is 5.33. The van der Waals surface area contributed by atoms with Gasteiger partial charge in [-0.1, -0.05) is 12.8 Å². The van der Waals surface area contributed by atoms with Crippen molar-refractivity contribution < 1.29 is 14.3 Å². The Morgan fingerprint density at radius 2 is 1.97 bits per heavy atom. The van der Waals surface area contributed by atoms with Gasteiger partial charge in [-0.3, -0.25) is 4.98 Å². The molecule has 0 unspecified atom stereocenters. The molecule has 3 aromatic heterocycles. The van der Waals surface area contributed by atoms with Gasteiger partial charge in [0.05, 0.1) is 27.5 Å². The van der Waals surface area contributed by atoms with Crippen LogP contribution >= 0.6 is 11.3 Å². The molecule has 148 valence electrons. The highest BCUT2D eigenvalue weighted by Gasteiger charge is 2.24. The molecule has 1 aliphatic rings. The van der Waals surface area contributed by atoms with Gasteiger partial charge in [-0.05, 0) is 37.0 Å². The Labute approximate surface area is 172 Å². The highest BCUT2D eigenvalue weighted by Crippen LogP contribution is 2.33. The summed E-state index contributed by atoms with van der Waals surface area (Å²) in [4.78, 5) is 13.2. The number of rotatable bonds is 5. The smallest absolute Gasteiger partial charge is 0.245 e. The number of hydrogen-bond acceptors (Lipinski definition) is 7. The van der Waals surface area contributed by atoms with Crippen LogP contribution in [0.1, 0.15) is 30.7 Å². The van der Waals surface area contributed by atoms with Gasteiger partial charge in [0, 0.05) is 24.8 Å². The zero-order chi connectivity index (χ0) is 19.6. The van der Waals surface area contributed by atoms with Gasteiger partial charge in [0.1, 0.15) is 23.5 Å². The molecule has 0 bridgehead atoms. The van der Waals surface area contributed by atoms with E-state index < -0.39 is 0 Å². The number of pyridine rings is 1. The first-order chi connectivity index (χ1) is 14.2. The van der Waals surface area contributed by atoms with Crippen LogP contribution < -0.4 is 4.74 Å². The predicted octanol–water partition coefficient (Wildman–Crippen LogP) is 5.23. The van der Waals surface area contributed by atoms with E-state index in [1.807, 2.05) is 18.2 Å². The summed E-state index contributed by atoms with van der Waals surface area (Å²) in [6.07, 6.45) is 9.76. The summed E-state index contributed by atoms with van der Waals surface area (Å²) in [5, 5.41) is 11.3. The van der Waals surface area contributed by atoms with E-state index in [2.05, 4.69) is 9.97 Å². The highest BCUT2D eigenvalue weighted by molar-refractivity contribution is 7.18. The zero-order valence-corrected chi connectivity index (χ0v) is 16.6. The summed E-state index contributed by atoms with van der Waals surface area (Å²) in [5.74, 6) is 2.20. The quantitative estimate of drug-likeness (QED) is 0.488. The molecule has 1 aromatic carbocycles. The van der Waals surface area contributed by atoms with Crippen molar-refractivity contribution in [2.24, 2.45) is 5.92 Å². The Kier molecular flexibility index (Phi) is 4.99. The zero-order valence-electron chi connectivity index (χ0n) is 15.8. The third kappa shape index (κ3) is 4.02. The number of oxazole rings is 1. The number of aromatic nitrogens is 3. The Bertz CT molecular complexity index is 1110. The predicted molar refractivity (Wildman–Crippen MR) is 111 cm³/mol. The lowest BCUT2D eigenvalue weighted by atomic mass is 9.84. The highest BCUT2D eigenvalue weighted by atomic mass is 32.1. The first-order valence-corrected chi connectivity index (χ1v) is 10.7. The second-order valence-electron chi connectivity index (χ2n) is 7.37. The van der Waals surface area contributed by atoms with Crippen LogP contribution in [0.25, 0.3) is 21.8 Å². The SMILES string of the molecule is O[C@@H]1CCCC[C@H]1Cc1nc2ccc(Oc3ccnc(-c4ncco4)c3)cc2s1. The molecule has 2 atom stereocenters. The molecule has 0 saturated heterocycles. The maximum atomic E-state index is 10.2. The lowest BCUT2D eigenvalue weighted by molar-refractivity contribution is 0.0700. The number of thiazole rings is 1. The standard InChI is InChI=1S/C22H21N3O3S/c26-19-4-2-1-3-14(19)11-21-25-17-6-5-15(13-20(17)29-21)28-16-7-8-23-18(12-16)22-24-9-10-27-22/h5-10,12-14,19,26H,1-4,11H2/t14-,19+/m0/s1. The number of fused-ring (bicyclic) bond motifs is 1. The molecule has 1 aliphatic carbocycles. The lowest BCUT2D eigenvalue weighted by Crippen LogP contribution is -2.26. The van der Waals surface area contributed by atoms with Gasteiger partial charge in [-0.15, -0.1) is 11.3 Å². The van der Waals surface area contributed by atoms with Crippen LogP contribution in [0.4, 0.5) is 0 Å². The van der Waals surface area contributed by atoms with Gasteiger partial charge in [-0.25, -0.2) is 9.97 Å². The van der Waals surface area contributed by atoms with Crippen LogP contribution in [0, 0.1) is 5.92 Å². The van der Waals surface area contributed by atoms with Crippen LogP contribution in [-0.2, 0) is 6.42 Å². The van der Waals surface area contributed by atoms with E-state index in [0.29, 0.717) is 23.3 Å². The summed E-state index contributed by atoms with van der Waals surface area (Å²) >= 11 is 1.68. The van der Waals surface area contributed by atoms with Crippen LogP contribution in [0.15, 0.2) is 53.4 Å². The fourth-order valence-electron chi connectivity index (χ4n) is 3.83. The summed E-state index contributed by atoms with van der Waals surface area (Å²) in [7, 11) is 0. The number of ether oxygens (including phenoxy) is 1. The Balaban J connectivity index is 1.34. The molecule has 0 spiro atoms. The van der Waals surface area contributed by atoms with Crippen molar-refractivity contribution >= 4 is 21.6 Å². The summed E-state index contributed by atoms with van der Waals surface area (Å²) in [5.41, 5.74) is 1.59. The van der Waals surface area contributed by atoms with Gasteiger partial charge in [0.25, 0.3) is 0 Å². The second kappa shape index (κ2) is 7.93. The minimum Gasteiger partial charge on any atom is -0.457 e. The van der Waals surface area contributed by atoms with Crippen molar-refractivity contribution in [3.63, 3.8) is 0 Å². The monoisotopic (exact) mass is 407 g/mol. The van der Waals surface area contributed by atoms with Crippen molar-refractivity contribution in [1.29, 1.82) is 0 Å². The Morgan fingerprint density at radius 1 is 1.07 bits per heavy atom. The van der Waals surface area contributed by atoms with Gasteiger partial charge in [0.2, 0.25) is 5.89 Å². The van der Waals surface area contributed by atoms with E-state index in [-0.39, 0.29) is 6.10 Å². The number of hydrogen-bond donors (Lipinski definition) is 1. The number of nitrogens with zero attached hydrogens (tertiary/aromatic N) is 3. The minimum absolute atomic E-state index is 0.195. The minimum atomic E-state index is -0.195. The Morgan fingerprint density at radius 3 is 2.83 bits per heavy atom. The fraction of sp³-hybridized carbons (Fsp3) is 0.318. The summed E-state index contributed by atoms with van der Waals surface area (Å²) in [6, 6.07) is 9.53. The Hall–Kier alpha value is -2.77. The van der Waals surface area contributed by atoms with E-state index in [1.54, 1.807) is 35.9 Å². The van der Waals surface area contributed by atoms with E-state index in [9.17, 15) is 5.11 Å². The van der Waals surface area contributed by atoms with Crippen LogP contribution in [0.2, 0.25) is 0 Å². The third-order valence-corrected chi connectivity index (χ3v) is 6.37. The van der Waals surface area contributed by atoms with Crippen LogP contribution in [-0.4, -0.2) is 26.2 Å². The summed E-state index contributed by atoms with van der Waals surface area (Å²) in [6.45, 7) is 0. The molecule has 1 fully saturated rings. The molecule has 4 aromatic rings. The summed E-state index contributed by atoms with van der Waals surface area (Å²) < 4.78 is 12.4. The number of benzene rings is 1. The molecule has 5 rings (SSSR count). The maximum Gasteiger partial charge on any atom is 0.245 e. The van der Waals surface area contributed by atoms with Crippen molar-refractivity contribution in [2.75, 3.05) is 0 Å². The first kappa shape index (κ1) is 18.3. The van der Waals surface area contributed by atoms with Gasteiger partial charge in [0.15, 0.2) is 0 Å². The van der Waals surface area contributed by atoms with Gasteiger partial charge < -0.3 is 14.3 Å². The molecular weight excluding hydrogens is 386 g/mol. The second-order valence-corrected chi connectivity index (χ2v) is 8.48. The maximum absolute atomic E-state index is 10.2. The first-order valence-electron chi connectivity index (χ1n) is 9.86. The number of aliphatic hydroxyl groups is 1. The van der Waals surface area contributed by atoms with E-state index in [1.165, 1.54) is 12.7 Å². The van der Waals surface area contributed by atoms with Gasteiger partial charge >= 0.3 is 0 Å². The number of aliphatic hydroxyl groups excluding tert-OH is 1. The average Bonchev–Trinajstić information content (AvgIpc) is 3.39. The van der Waals surface area contributed by atoms with Crippen LogP contribution in [0.5, 0.6) is 11.5 Å². The molecule has 6 nitrogen and oxygen atoms in total. The van der Waals surface area contributed by atoms with Crippen LogP contribution in [0.3, 0.4) is 0 Å². The van der Waals surface area contributed by atoms with Crippen molar-refractivity contribution in [2.45, 2.75) is 38.2 Å². The van der Waals surface area contributed by atoms with E-state index in [4.69, 9.17) is 14.1 Å². The molecule has 0 aliphatic heterocycles. The topological polar surface area (TPSA) is 81.3 Å². The molecule has 0 radical (unpaired) electrons.